The lowest BCUT2D eigenvalue weighted by atomic mass is 9.98. The maximum Gasteiger partial charge on any atom is 0.413 e. The number of hydrogen-bond acceptors (Lipinski definition) is 13. The zero-order valence-corrected chi connectivity index (χ0v) is 28.8. The molecule has 0 unspecified atom stereocenters. The monoisotopic (exact) mass is 716 g/mol. The number of ether oxygens (including phenoxy) is 2. The highest BCUT2D eigenvalue weighted by Gasteiger charge is 2.56. The molecule has 2 aromatic heterocycles. The number of aliphatic hydroxyl groups excluding tert-OH is 1. The van der Waals surface area contributed by atoms with Crippen molar-refractivity contribution in [3.63, 3.8) is 0 Å². The largest absolute Gasteiger partial charge is 0.450 e. The summed E-state index contributed by atoms with van der Waals surface area (Å²) in [5, 5.41) is 31.1. The maximum absolute atomic E-state index is 13.8. The summed E-state index contributed by atoms with van der Waals surface area (Å²) < 4.78 is 11.3. The molecule has 2 fully saturated rings. The molecule has 2 aromatic carbocycles. The van der Waals surface area contributed by atoms with E-state index < -0.39 is 53.3 Å². The highest BCUT2D eigenvalue weighted by atomic mass is 32.1. The van der Waals surface area contributed by atoms with Gasteiger partial charge in [-0.2, -0.15) is 15.0 Å². The van der Waals surface area contributed by atoms with Crippen LogP contribution in [0.1, 0.15) is 62.2 Å². The minimum absolute atomic E-state index is 0.0109. The van der Waals surface area contributed by atoms with Crippen molar-refractivity contribution in [2.45, 2.75) is 76.2 Å². The number of β-lactam (4-membered cyclic amide) rings is 1. The third kappa shape index (κ3) is 8.56. The normalized spacial score (nSPS) is 17.9. The van der Waals surface area contributed by atoms with E-state index >= 15 is 0 Å². The molecule has 2 aliphatic rings. The van der Waals surface area contributed by atoms with Gasteiger partial charge in [0.2, 0.25) is 11.5 Å². The Kier molecular flexibility index (Phi) is 10.1. The highest BCUT2D eigenvalue weighted by Crippen LogP contribution is 2.43. The minimum atomic E-state index is -1.46. The smallest absolute Gasteiger partial charge is 0.413 e. The Morgan fingerprint density at radius 1 is 1.10 bits per heavy atom. The van der Waals surface area contributed by atoms with Crippen molar-refractivity contribution < 1.29 is 38.6 Å². The number of oxime groups is 1. The van der Waals surface area contributed by atoms with Gasteiger partial charge in [-0.25, -0.2) is 14.6 Å². The van der Waals surface area contributed by atoms with Crippen LogP contribution in [0.3, 0.4) is 0 Å². The number of aliphatic hydroxyl groups is 1. The van der Waals surface area contributed by atoms with E-state index in [0.29, 0.717) is 5.69 Å². The lowest BCUT2D eigenvalue weighted by molar-refractivity contribution is -0.164. The van der Waals surface area contributed by atoms with Gasteiger partial charge in [-0.15, -0.1) is 11.3 Å². The fourth-order valence-electron chi connectivity index (χ4n) is 5.05. The highest BCUT2D eigenvalue weighted by molar-refractivity contribution is 7.14. The van der Waals surface area contributed by atoms with Crippen LogP contribution >= 0.6 is 11.3 Å². The van der Waals surface area contributed by atoms with E-state index in [1.807, 2.05) is 60.7 Å². The van der Waals surface area contributed by atoms with Crippen LogP contribution in [0.4, 0.5) is 9.93 Å². The van der Waals surface area contributed by atoms with Gasteiger partial charge in [0, 0.05) is 18.2 Å². The van der Waals surface area contributed by atoms with E-state index in [4.69, 9.17) is 14.3 Å². The SMILES string of the molecule is CC(C)(C)OC(=O)Nc1nc(/C(=N/OC2(C(=O)OC(c3ccccc3)c3ccccc3)CC2)C(=O)N[C@@H]2C(=O)N[C@@H]2Cn2ncc(CO)n2)cs1. The number of anilines is 1. The zero-order valence-electron chi connectivity index (χ0n) is 27.9. The van der Waals surface area contributed by atoms with Crippen molar-refractivity contribution >= 4 is 46.1 Å². The molecule has 6 rings (SSSR count). The molecule has 3 heterocycles. The van der Waals surface area contributed by atoms with Gasteiger partial charge in [-0.1, -0.05) is 65.8 Å². The third-order valence-corrected chi connectivity index (χ3v) is 8.55. The van der Waals surface area contributed by atoms with Crippen LogP contribution in [0.5, 0.6) is 0 Å². The molecule has 266 valence electrons. The van der Waals surface area contributed by atoms with Gasteiger partial charge < -0.3 is 30.1 Å². The molecule has 4 N–H and O–H groups in total. The average molecular weight is 717 g/mol. The van der Waals surface area contributed by atoms with Gasteiger partial charge in [0.05, 0.1) is 25.4 Å². The molecule has 0 spiro atoms. The summed E-state index contributed by atoms with van der Waals surface area (Å²) in [6.45, 7) is 4.95. The predicted octanol–water partition coefficient (Wildman–Crippen LogP) is 2.84. The number of carbonyl (C=O) groups excluding carboxylic acids is 4. The molecule has 1 saturated heterocycles. The summed E-state index contributed by atoms with van der Waals surface area (Å²) >= 11 is 1.00. The summed E-state index contributed by atoms with van der Waals surface area (Å²) in [5.41, 5.74) is -0.694. The van der Waals surface area contributed by atoms with Gasteiger partial charge in [0.15, 0.2) is 16.9 Å². The number of benzene rings is 2. The van der Waals surface area contributed by atoms with E-state index in [-0.39, 0.29) is 42.5 Å². The van der Waals surface area contributed by atoms with Crippen LogP contribution < -0.4 is 16.0 Å². The summed E-state index contributed by atoms with van der Waals surface area (Å²) in [5.74, 6) is -1.94. The second-order valence-corrected chi connectivity index (χ2v) is 13.8. The first-order chi connectivity index (χ1) is 24.4. The molecular formula is C34H36N8O8S. The van der Waals surface area contributed by atoms with E-state index in [2.05, 4.69) is 36.3 Å². The van der Waals surface area contributed by atoms with Gasteiger partial charge in [-0.3, -0.25) is 14.9 Å². The Morgan fingerprint density at radius 2 is 1.76 bits per heavy atom. The fraction of sp³-hybridized carbons (Fsp3) is 0.353. The Bertz CT molecular complexity index is 1880. The Hall–Kier alpha value is -5.68. The van der Waals surface area contributed by atoms with Crippen LogP contribution in [0.15, 0.2) is 77.4 Å². The average Bonchev–Trinajstić information content (AvgIpc) is 3.52. The lowest BCUT2D eigenvalue weighted by Crippen LogP contribution is -2.70. The maximum atomic E-state index is 13.8. The van der Waals surface area contributed by atoms with Gasteiger partial charge in [-0.05, 0) is 31.9 Å². The van der Waals surface area contributed by atoms with E-state index in [1.165, 1.54) is 16.4 Å². The van der Waals surface area contributed by atoms with Crippen molar-refractivity contribution in [3.8, 4) is 0 Å². The fourth-order valence-corrected chi connectivity index (χ4v) is 5.73. The second kappa shape index (κ2) is 14.7. The summed E-state index contributed by atoms with van der Waals surface area (Å²) in [6.07, 6.45) is 0.479. The van der Waals surface area contributed by atoms with Crippen molar-refractivity contribution in [1.29, 1.82) is 0 Å². The number of aromatic nitrogens is 4. The molecule has 0 radical (unpaired) electrons. The minimum Gasteiger partial charge on any atom is -0.450 e. The molecule has 4 aromatic rings. The first kappa shape index (κ1) is 35.2. The molecule has 2 atom stereocenters. The van der Waals surface area contributed by atoms with Gasteiger partial charge >= 0.3 is 12.1 Å². The van der Waals surface area contributed by atoms with Crippen molar-refractivity contribution in [2.24, 2.45) is 5.16 Å². The number of thiazole rings is 1. The molecular weight excluding hydrogens is 680 g/mol. The van der Waals surface area contributed by atoms with Crippen LogP contribution in [0.25, 0.3) is 0 Å². The number of esters is 1. The van der Waals surface area contributed by atoms with E-state index in [0.717, 1.165) is 22.5 Å². The molecule has 1 aliphatic heterocycles. The van der Waals surface area contributed by atoms with Crippen molar-refractivity contribution in [2.75, 3.05) is 5.32 Å². The Morgan fingerprint density at radius 3 is 2.33 bits per heavy atom. The van der Waals surface area contributed by atoms with E-state index in [1.54, 1.807) is 20.8 Å². The first-order valence-corrected chi connectivity index (χ1v) is 17.0. The number of hydrogen-bond donors (Lipinski definition) is 4. The molecule has 1 saturated carbocycles. The second-order valence-electron chi connectivity index (χ2n) is 12.9. The molecule has 17 heteroatoms. The number of nitrogens with one attached hydrogen (secondary N) is 3. The number of rotatable bonds is 13. The molecule has 3 amide bonds. The molecule has 51 heavy (non-hydrogen) atoms. The molecule has 16 nitrogen and oxygen atoms in total. The predicted molar refractivity (Wildman–Crippen MR) is 182 cm³/mol. The van der Waals surface area contributed by atoms with Crippen LogP contribution in [0, 0.1) is 0 Å². The van der Waals surface area contributed by atoms with Crippen molar-refractivity contribution in [1.82, 2.24) is 30.6 Å². The summed E-state index contributed by atoms with van der Waals surface area (Å²) in [4.78, 5) is 63.9. The molecule has 1 aliphatic carbocycles. The molecule has 0 bridgehead atoms. The quantitative estimate of drug-likeness (QED) is 0.0685. The zero-order chi connectivity index (χ0) is 36.2. The van der Waals surface area contributed by atoms with Crippen LogP contribution in [-0.2, 0) is 41.8 Å². The van der Waals surface area contributed by atoms with Crippen LogP contribution in [0.2, 0.25) is 0 Å². The number of carbonyl (C=O) groups is 4. The number of amides is 3. The number of nitrogens with zero attached hydrogens (tertiary/aromatic N) is 5. The lowest BCUT2D eigenvalue weighted by Gasteiger charge is -2.36. The van der Waals surface area contributed by atoms with Crippen LogP contribution in [-0.4, -0.2) is 78.0 Å². The first-order valence-electron chi connectivity index (χ1n) is 16.1. The van der Waals surface area contributed by atoms with Crippen molar-refractivity contribution in [3.05, 3.63) is 94.8 Å². The van der Waals surface area contributed by atoms with Gasteiger partial charge in [0.25, 0.3) is 5.91 Å². The Labute approximate surface area is 296 Å². The Balaban J connectivity index is 1.22. The summed E-state index contributed by atoms with van der Waals surface area (Å²) in [6, 6.07) is 17.0. The van der Waals surface area contributed by atoms with E-state index in [9.17, 15) is 24.3 Å². The third-order valence-electron chi connectivity index (χ3n) is 7.79. The standard InChI is InChI=1S/C34H36N8O8S/c1-33(2,3)49-32(47)39-31-37-24(19-51-31)26(29(45)38-25-23(36-28(25)44)17-42-35-16-22(18-43)40-42)41-50-34(14-15-34)30(46)48-27(20-10-6-4-7-11-20)21-12-8-5-9-13-21/h4-13,16,19,23,25,27,43H,14-15,17-18H2,1-3H3,(H,36,44)(H,38,45)(H,37,39,47)/b41-26-/t23-,25+/m1/s1. The topological polar surface area (TPSA) is 208 Å². The summed E-state index contributed by atoms with van der Waals surface area (Å²) in [7, 11) is 0. The van der Waals surface area contributed by atoms with Gasteiger partial charge in [0.1, 0.15) is 23.0 Å².